The molecule has 1 aliphatic carbocycles. The first kappa shape index (κ1) is 13.8. The van der Waals surface area contributed by atoms with E-state index >= 15 is 0 Å². The quantitative estimate of drug-likeness (QED) is 0.669. The van der Waals surface area contributed by atoms with Crippen molar-refractivity contribution in [3.63, 3.8) is 0 Å². The SMILES string of the molecule is Cc1ccc2c(c1)[C@@H]1CC[C@@H](O)[C@@H](O)[C@@H]1NC2.Cl. The lowest BCUT2D eigenvalue weighted by Gasteiger charge is -2.43. The van der Waals surface area contributed by atoms with E-state index < -0.39 is 12.2 Å². The smallest absolute Gasteiger partial charge is 0.0957 e. The molecule has 100 valence electrons. The average Bonchev–Trinajstić information content (AvgIpc) is 2.33. The maximum Gasteiger partial charge on any atom is 0.0957 e. The molecule has 0 amide bonds. The average molecular weight is 270 g/mol. The number of aliphatic hydroxyl groups is 2. The van der Waals surface area contributed by atoms with Gasteiger partial charge < -0.3 is 15.5 Å². The summed E-state index contributed by atoms with van der Waals surface area (Å²) in [5, 5.41) is 23.2. The van der Waals surface area contributed by atoms with Crippen LogP contribution < -0.4 is 5.32 Å². The van der Waals surface area contributed by atoms with Gasteiger partial charge in [-0.25, -0.2) is 0 Å². The summed E-state index contributed by atoms with van der Waals surface area (Å²) < 4.78 is 0. The van der Waals surface area contributed by atoms with Gasteiger partial charge in [0.15, 0.2) is 0 Å². The molecule has 4 heteroatoms. The van der Waals surface area contributed by atoms with Crippen LogP contribution in [0, 0.1) is 6.92 Å². The summed E-state index contributed by atoms with van der Waals surface area (Å²) >= 11 is 0. The van der Waals surface area contributed by atoms with Crippen LogP contribution in [-0.4, -0.2) is 28.5 Å². The van der Waals surface area contributed by atoms with E-state index in [0.717, 1.165) is 13.0 Å². The van der Waals surface area contributed by atoms with Crippen LogP contribution in [0.4, 0.5) is 0 Å². The molecule has 1 saturated carbocycles. The Hall–Kier alpha value is -0.610. The summed E-state index contributed by atoms with van der Waals surface area (Å²) in [6.45, 7) is 2.89. The van der Waals surface area contributed by atoms with E-state index in [2.05, 4.69) is 30.4 Å². The number of halogens is 1. The van der Waals surface area contributed by atoms with Gasteiger partial charge in [0, 0.05) is 18.5 Å². The lowest BCUT2D eigenvalue weighted by atomic mass is 9.73. The third kappa shape index (κ3) is 2.16. The molecule has 1 heterocycles. The first-order valence-corrected chi connectivity index (χ1v) is 6.36. The van der Waals surface area contributed by atoms with Crippen molar-refractivity contribution in [2.75, 3.05) is 0 Å². The first-order valence-electron chi connectivity index (χ1n) is 6.36. The zero-order chi connectivity index (χ0) is 12.0. The van der Waals surface area contributed by atoms with Crippen molar-refractivity contribution in [3.05, 3.63) is 34.9 Å². The zero-order valence-electron chi connectivity index (χ0n) is 10.5. The Morgan fingerprint density at radius 3 is 2.78 bits per heavy atom. The van der Waals surface area contributed by atoms with E-state index in [1.54, 1.807) is 0 Å². The molecule has 0 radical (unpaired) electrons. The molecule has 0 unspecified atom stereocenters. The third-order valence-corrected chi connectivity index (χ3v) is 4.20. The van der Waals surface area contributed by atoms with E-state index in [1.165, 1.54) is 16.7 Å². The standard InChI is InChI=1S/C14H19NO2.ClH/c1-8-2-3-9-7-15-13-10(11(9)6-8)4-5-12(16)14(13)17;/h2-3,6,10,12-17H,4-5,7H2,1H3;1H/t10-,12+,13+,14+;/m0./s1. The van der Waals surface area contributed by atoms with Crippen LogP contribution >= 0.6 is 12.4 Å². The zero-order valence-corrected chi connectivity index (χ0v) is 11.3. The Morgan fingerprint density at radius 1 is 1.22 bits per heavy atom. The summed E-state index contributed by atoms with van der Waals surface area (Å²) in [5.41, 5.74) is 3.96. The molecular formula is C14H20ClNO2. The molecule has 3 N–H and O–H groups in total. The van der Waals surface area contributed by atoms with Crippen molar-refractivity contribution < 1.29 is 10.2 Å². The van der Waals surface area contributed by atoms with Gasteiger partial charge in [-0.1, -0.05) is 23.8 Å². The molecular weight excluding hydrogens is 250 g/mol. The van der Waals surface area contributed by atoms with Gasteiger partial charge in [0.1, 0.15) is 0 Å². The fourth-order valence-electron chi connectivity index (χ4n) is 3.24. The molecule has 1 aromatic carbocycles. The van der Waals surface area contributed by atoms with Crippen molar-refractivity contribution in [2.24, 2.45) is 0 Å². The first-order chi connectivity index (χ1) is 8.16. The van der Waals surface area contributed by atoms with Gasteiger partial charge in [0.2, 0.25) is 0 Å². The molecule has 18 heavy (non-hydrogen) atoms. The molecule has 0 spiro atoms. The van der Waals surface area contributed by atoms with Crippen LogP contribution in [-0.2, 0) is 6.54 Å². The summed E-state index contributed by atoms with van der Waals surface area (Å²) in [5.74, 6) is 0.344. The Morgan fingerprint density at radius 2 is 2.00 bits per heavy atom. The maximum atomic E-state index is 10.1. The minimum absolute atomic E-state index is 0. The molecule has 4 atom stereocenters. The fraction of sp³-hybridized carbons (Fsp3) is 0.571. The van der Waals surface area contributed by atoms with Gasteiger partial charge >= 0.3 is 0 Å². The van der Waals surface area contributed by atoms with Crippen molar-refractivity contribution in [1.29, 1.82) is 0 Å². The van der Waals surface area contributed by atoms with Crippen LogP contribution in [0.1, 0.15) is 35.4 Å². The number of hydrogen-bond acceptors (Lipinski definition) is 3. The molecule has 3 nitrogen and oxygen atoms in total. The minimum Gasteiger partial charge on any atom is -0.390 e. The van der Waals surface area contributed by atoms with E-state index in [0.29, 0.717) is 12.3 Å². The predicted octanol–water partition coefficient (Wildman–Crippen LogP) is 1.49. The van der Waals surface area contributed by atoms with Crippen LogP contribution in [0.5, 0.6) is 0 Å². The second-order valence-corrected chi connectivity index (χ2v) is 5.35. The van der Waals surface area contributed by atoms with Gasteiger partial charge in [-0.2, -0.15) is 0 Å². The van der Waals surface area contributed by atoms with E-state index in [4.69, 9.17) is 0 Å². The van der Waals surface area contributed by atoms with Gasteiger partial charge in [0.05, 0.1) is 12.2 Å². The van der Waals surface area contributed by atoms with E-state index in [9.17, 15) is 10.2 Å². The molecule has 0 bridgehead atoms. The van der Waals surface area contributed by atoms with Crippen LogP contribution in [0.2, 0.25) is 0 Å². The monoisotopic (exact) mass is 269 g/mol. The molecule has 3 rings (SSSR count). The van der Waals surface area contributed by atoms with Gasteiger partial charge in [0.25, 0.3) is 0 Å². The van der Waals surface area contributed by atoms with Gasteiger partial charge in [-0.05, 0) is 30.9 Å². The lowest BCUT2D eigenvalue weighted by molar-refractivity contribution is -0.0395. The lowest BCUT2D eigenvalue weighted by Crippen LogP contribution is -2.54. The number of rotatable bonds is 0. The minimum atomic E-state index is -0.637. The molecule has 1 aromatic rings. The number of nitrogens with one attached hydrogen (secondary N) is 1. The fourth-order valence-corrected chi connectivity index (χ4v) is 3.24. The van der Waals surface area contributed by atoms with E-state index in [1.807, 2.05) is 0 Å². The van der Waals surface area contributed by atoms with Crippen LogP contribution in [0.25, 0.3) is 0 Å². The highest BCUT2D eigenvalue weighted by atomic mass is 35.5. The Balaban J connectivity index is 0.00000120. The maximum absolute atomic E-state index is 10.1. The highest BCUT2D eigenvalue weighted by Gasteiger charge is 2.40. The molecule has 2 aliphatic rings. The summed E-state index contributed by atoms with van der Waals surface area (Å²) in [6, 6.07) is 6.55. The topological polar surface area (TPSA) is 52.5 Å². The van der Waals surface area contributed by atoms with E-state index in [-0.39, 0.29) is 18.4 Å². The van der Waals surface area contributed by atoms with Crippen LogP contribution in [0.15, 0.2) is 18.2 Å². The number of aliphatic hydroxyl groups excluding tert-OH is 2. The second kappa shape index (κ2) is 5.17. The normalized spacial score (nSPS) is 34.2. The Kier molecular flexibility index (Phi) is 3.97. The number of benzene rings is 1. The molecule has 1 aliphatic heterocycles. The van der Waals surface area contributed by atoms with Gasteiger partial charge in [-0.3, -0.25) is 0 Å². The molecule has 0 aromatic heterocycles. The summed E-state index contributed by atoms with van der Waals surface area (Å²) in [4.78, 5) is 0. The van der Waals surface area contributed by atoms with Gasteiger partial charge in [-0.15, -0.1) is 12.4 Å². The second-order valence-electron chi connectivity index (χ2n) is 5.35. The number of fused-ring (bicyclic) bond motifs is 3. The molecule has 0 saturated heterocycles. The van der Waals surface area contributed by atoms with Crippen molar-refractivity contribution in [1.82, 2.24) is 5.32 Å². The predicted molar refractivity (Wildman–Crippen MR) is 73.0 cm³/mol. The molecule has 1 fully saturated rings. The van der Waals surface area contributed by atoms with Crippen molar-refractivity contribution >= 4 is 12.4 Å². The highest BCUT2D eigenvalue weighted by Crippen LogP contribution is 2.38. The number of aryl methyl sites for hydroxylation is 1. The Labute approximate surface area is 114 Å². The highest BCUT2D eigenvalue weighted by molar-refractivity contribution is 5.85. The largest absolute Gasteiger partial charge is 0.390 e. The number of hydrogen-bond donors (Lipinski definition) is 3. The summed E-state index contributed by atoms with van der Waals surface area (Å²) in [6.07, 6.45) is 0.432. The summed E-state index contributed by atoms with van der Waals surface area (Å²) in [7, 11) is 0. The van der Waals surface area contributed by atoms with Crippen LogP contribution in [0.3, 0.4) is 0 Å². The van der Waals surface area contributed by atoms with Crippen molar-refractivity contribution in [2.45, 2.75) is 50.5 Å². The third-order valence-electron chi connectivity index (χ3n) is 4.20. The Bertz CT molecular complexity index is 438. The van der Waals surface area contributed by atoms with Crippen molar-refractivity contribution in [3.8, 4) is 0 Å².